The molecule has 2 aromatic rings. The SMILES string of the molecule is O=C(Cn1nnc(-c2ccc(Br)cc2)n1)N[C@H]1CCS(=O)(=O)C1. The van der Waals surface area contributed by atoms with Crippen molar-refractivity contribution in [3.05, 3.63) is 28.7 Å². The normalized spacial score (nSPS) is 19.6. The van der Waals surface area contributed by atoms with Crippen molar-refractivity contribution in [2.24, 2.45) is 0 Å². The Balaban J connectivity index is 1.60. The second-order valence-corrected chi connectivity index (χ2v) is 8.46. The van der Waals surface area contributed by atoms with E-state index in [2.05, 4.69) is 36.7 Å². The molecule has 1 atom stereocenters. The van der Waals surface area contributed by atoms with Crippen molar-refractivity contribution >= 4 is 31.7 Å². The molecule has 0 bridgehead atoms. The van der Waals surface area contributed by atoms with Crippen LogP contribution in [0.5, 0.6) is 0 Å². The fourth-order valence-corrected chi connectivity index (χ4v) is 4.27. The summed E-state index contributed by atoms with van der Waals surface area (Å²) in [4.78, 5) is 13.1. The first-order valence-corrected chi connectivity index (χ1v) is 9.56. The molecular weight excluding hydrogens is 386 g/mol. The van der Waals surface area contributed by atoms with Gasteiger partial charge in [-0.1, -0.05) is 15.9 Å². The van der Waals surface area contributed by atoms with Gasteiger partial charge in [-0.05, 0) is 35.9 Å². The fourth-order valence-electron chi connectivity index (χ4n) is 2.34. The van der Waals surface area contributed by atoms with Crippen molar-refractivity contribution in [3.63, 3.8) is 0 Å². The average Bonchev–Trinajstić information content (AvgIpc) is 3.06. The molecule has 2 heterocycles. The summed E-state index contributed by atoms with van der Waals surface area (Å²) in [6.45, 7) is -0.0971. The quantitative estimate of drug-likeness (QED) is 0.797. The predicted octanol–water partition coefficient (Wildman–Crippen LogP) is 0.406. The Labute approximate surface area is 141 Å². The highest BCUT2D eigenvalue weighted by atomic mass is 79.9. The van der Waals surface area contributed by atoms with Gasteiger partial charge in [-0.2, -0.15) is 4.80 Å². The summed E-state index contributed by atoms with van der Waals surface area (Å²) in [6, 6.07) is 7.08. The molecule has 1 saturated heterocycles. The fraction of sp³-hybridized carbons (Fsp3) is 0.385. The Morgan fingerprint density at radius 1 is 1.35 bits per heavy atom. The zero-order valence-electron chi connectivity index (χ0n) is 12.0. The topological polar surface area (TPSA) is 107 Å². The number of hydrogen-bond donors (Lipinski definition) is 1. The van der Waals surface area contributed by atoms with E-state index < -0.39 is 9.84 Å². The van der Waals surface area contributed by atoms with E-state index in [0.717, 1.165) is 10.0 Å². The molecular formula is C13H14BrN5O3S. The molecule has 10 heteroatoms. The molecule has 3 rings (SSSR count). The minimum Gasteiger partial charge on any atom is -0.351 e. The number of amides is 1. The molecule has 0 radical (unpaired) electrons. The number of benzene rings is 1. The van der Waals surface area contributed by atoms with Crippen molar-refractivity contribution in [2.45, 2.75) is 19.0 Å². The smallest absolute Gasteiger partial charge is 0.243 e. The van der Waals surface area contributed by atoms with Crippen LogP contribution in [-0.4, -0.2) is 52.1 Å². The lowest BCUT2D eigenvalue weighted by atomic mass is 10.2. The van der Waals surface area contributed by atoms with Crippen LogP contribution in [0.2, 0.25) is 0 Å². The summed E-state index contributed by atoms with van der Waals surface area (Å²) >= 11 is 3.35. The molecule has 0 saturated carbocycles. The molecule has 1 aromatic carbocycles. The van der Waals surface area contributed by atoms with Crippen LogP contribution in [0.4, 0.5) is 0 Å². The van der Waals surface area contributed by atoms with Crippen molar-refractivity contribution in [1.82, 2.24) is 25.5 Å². The first-order valence-electron chi connectivity index (χ1n) is 6.95. The van der Waals surface area contributed by atoms with Gasteiger partial charge < -0.3 is 5.32 Å². The zero-order valence-corrected chi connectivity index (χ0v) is 14.4. The molecule has 0 aliphatic carbocycles. The van der Waals surface area contributed by atoms with Gasteiger partial charge in [0.1, 0.15) is 6.54 Å². The molecule has 1 amide bonds. The first kappa shape index (κ1) is 16.1. The van der Waals surface area contributed by atoms with Crippen molar-refractivity contribution in [3.8, 4) is 11.4 Å². The van der Waals surface area contributed by atoms with Crippen LogP contribution in [0.3, 0.4) is 0 Å². The van der Waals surface area contributed by atoms with Crippen LogP contribution in [0.15, 0.2) is 28.7 Å². The predicted molar refractivity (Wildman–Crippen MR) is 86.2 cm³/mol. The van der Waals surface area contributed by atoms with E-state index in [1.54, 1.807) is 0 Å². The highest BCUT2D eigenvalue weighted by molar-refractivity contribution is 9.10. The highest BCUT2D eigenvalue weighted by Crippen LogP contribution is 2.17. The van der Waals surface area contributed by atoms with Gasteiger partial charge in [0.2, 0.25) is 11.7 Å². The molecule has 0 unspecified atom stereocenters. The molecule has 1 N–H and O–H groups in total. The third-order valence-corrected chi connectivity index (χ3v) is 5.73. The largest absolute Gasteiger partial charge is 0.351 e. The number of nitrogens with zero attached hydrogens (tertiary/aromatic N) is 4. The van der Waals surface area contributed by atoms with Crippen LogP contribution in [0, 0.1) is 0 Å². The van der Waals surface area contributed by atoms with Gasteiger partial charge in [0.15, 0.2) is 9.84 Å². The summed E-state index contributed by atoms with van der Waals surface area (Å²) in [5.41, 5.74) is 0.793. The maximum Gasteiger partial charge on any atom is 0.243 e. The summed E-state index contributed by atoms with van der Waals surface area (Å²) < 4.78 is 23.7. The zero-order chi connectivity index (χ0) is 16.4. The lowest BCUT2D eigenvalue weighted by molar-refractivity contribution is -0.122. The first-order chi connectivity index (χ1) is 10.9. The molecule has 23 heavy (non-hydrogen) atoms. The standard InChI is InChI=1S/C13H14BrN5O3S/c14-10-3-1-9(2-4-10)13-16-18-19(17-13)7-12(20)15-11-5-6-23(21,22)8-11/h1-4,11H,5-8H2,(H,15,20)/t11-/m0/s1. The van der Waals surface area contributed by atoms with E-state index in [1.165, 1.54) is 4.80 Å². The molecule has 1 fully saturated rings. The van der Waals surface area contributed by atoms with E-state index in [-0.39, 0.29) is 30.0 Å². The number of tetrazole rings is 1. The van der Waals surface area contributed by atoms with Gasteiger partial charge in [0.25, 0.3) is 0 Å². The van der Waals surface area contributed by atoms with Gasteiger partial charge in [0, 0.05) is 16.1 Å². The summed E-state index contributed by atoms with van der Waals surface area (Å²) in [7, 11) is -3.02. The van der Waals surface area contributed by atoms with Crippen LogP contribution in [-0.2, 0) is 21.2 Å². The Morgan fingerprint density at radius 3 is 2.74 bits per heavy atom. The monoisotopic (exact) mass is 399 g/mol. The third kappa shape index (κ3) is 4.14. The number of carbonyl (C=O) groups excluding carboxylic acids is 1. The minimum absolute atomic E-state index is 0.00628. The van der Waals surface area contributed by atoms with Gasteiger partial charge in [-0.15, -0.1) is 10.2 Å². The van der Waals surface area contributed by atoms with E-state index in [9.17, 15) is 13.2 Å². The molecule has 1 aromatic heterocycles. The van der Waals surface area contributed by atoms with Crippen molar-refractivity contribution in [1.29, 1.82) is 0 Å². The number of aromatic nitrogens is 4. The van der Waals surface area contributed by atoms with E-state index in [1.807, 2.05) is 24.3 Å². The lowest BCUT2D eigenvalue weighted by Crippen LogP contribution is -2.38. The Morgan fingerprint density at radius 2 is 2.09 bits per heavy atom. The molecule has 122 valence electrons. The second kappa shape index (κ2) is 6.36. The average molecular weight is 400 g/mol. The van der Waals surface area contributed by atoms with Gasteiger partial charge in [-0.3, -0.25) is 4.79 Å². The third-order valence-electron chi connectivity index (χ3n) is 3.44. The number of sulfone groups is 1. The van der Waals surface area contributed by atoms with E-state index in [4.69, 9.17) is 0 Å². The maximum atomic E-state index is 11.9. The Hall–Kier alpha value is -1.81. The summed E-state index contributed by atoms with van der Waals surface area (Å²) in [6.07, 6.45) is 0.447. The van der Waals surface area contributed by atoms with Gasteiger partial charge >= 0.3 is 0 Å². The molecule has 1 aliphatic rings. The van der Waals surface area contributed by atoms with Gasteiger partial charge in [0.05, 0.1) is 11.5 Å². The lowest BCUT2D eigenvalue weighted by Gasteiger charge is -2.09. The van der Waals surface area contributed by atoms with Crippen molar-refractivity contribution < 1.29 is 13.2 Å². The molecule has 1 aliphatic heterocycles. The van der Waals surface area contributed by atoms with Crippen LogP contribution in [0.1, 0.15) is 6.42 Å². The minimum atomic E-state index is -3.02. The second-order valence-electron chi connectivity index (χ2n) is 5.32. The van der Waals surface area contributed by atoms with Gasteiger partial charge in [-0.25, -0.2) is 8.42 Å². The summed E-state index contributed by atoms with van der Waals surface area (Å²) in [5.74, 6) is 0.210. The molecule has 8 nitrogen and oxygen atoms in total. The number of halogens is 1. The number of nitrogens with one attached hydrogen (secondary N) is 1. The maximum absolute atomic E-state index is 11.9. The highest BCUT2D eigenvalue weighted by Gasteiger charge is 2.29. The Kier molecular flexibility index (Phi) is 4.44. The van der Waals surface area contributed by atoms with Crippen LogP contribution < -0.4 is 5.32 Å². The molecule has 0 spiro atoms. The van der Waals surface area contributed by atoms with Crippen LogP contribution >= 0.6 is 15.9 Å². The van der Waals surface area contributed by atoms with E-state index in [0.29, 0.717) is 12.2 Å². The van der Waals surface area contributed by atoms with E-state index >= 15 is 0 Å². The number of hydrogen-bond acceptors (Lipinski definition) is 6. The van der Waals surface area contributed by atoms with Crippen LogP contribution in [0.25, 0.3) is 11.4 Å². The van der Waals surface area contributed by atoms with Crippen molar-refractivity contribution in [2.75, 3.05) is 11.5 Å². The number of rotatable bonds is 4. The number of carbonyl (C=O) groups is 1. The summed E-state index contributed by atoms with van der Waals surface area (Å²) in [5, 5.41) is 14.6. The Bertz CT molecular complexity index is 818.